The lowest BCUT2D eigenvalue weighted by molar-refractivity contribution is 1.02. The summed E-state index contributed by atoms with van der Waals surface area (Å²) in [6, 6.07) is 0. The molecule has 0 aliphatic heterocycles. The second kappa shape index (κ2) is 2.50. The van der Waals surface area contributed by atoms with E-state index >= 15 is 0 Å². The Kier molecular flexibility index (Phi) is 1.50. The van der Waals surface area contributed by atoms with Crippen LogP contribution in [0.1, 0.15) is 12.6 Å². The van der Waals surface area contributed by atoms with Gasteiger partial charge in [0.1, 0.15) is 11.8 Å². The molecule has 0 aliphatic carbocycles. The molecule has 0 saturated carbocycles. The van der Waals surface area contributed by atoms with E-state index in [0.717, 1.165) is 22.5 Å². The number of hydrogen-bond acceptors (Lipinski definition) is 5. The molecule has 4 nitrogen and oxygen atoms in total. The molecule has 2 rings (SSSR count). The van der Waals surface area contributed by atoms with E-state index < -0.39 is 0 Å². The van der Waals surface area contributed by atoms with Crippen LogP contribution in [0.3, 0.4) is 0 Å². The van der Waals surface area contributed by atoms with E-state index in [-0.39, 0.29) is 0 Å². The van der Waals surface area contributed by atoms with Crippen LogP contribution in [0.5, 0.6) is 0 Å². The highest BCUT2D eigenvalue weighted by Gasteiger charge is 2.04. The summed E-state index contributed by atoms with van der Waals surface area (Å²) >= 11 is 1.35. The minimum atomic E-state index is 0.823. The van der Waals surface area contributed by atoms with Crippen molar-refractivity contribution >= 4 is 21.9 Å². The summed E-state index contributed by atoms with van der Waals surface area (Å²) in [5, 5.41) is 7.56. The van der Waals surface area contributed by atoms with E-state index in [1.54, 1.807) is 0 Å². The SMILES string of the molecule is CCc1nsc2nncnc12. The normalized spacial score (nSPS) is 10.6. The highest BCUT2D eigenvalue weighted by atomic mass is 32.1. The Balaban J connectivity index is 2.76. The van der Waals surface area contributed by atoms with Crippen molar-refractivity contribution in [3.63, 3.8) is 0 Å². The zero-order valence-corrected chi connectivity index (χ0v) is 6.80. The van der Waals surface area contributed by atoms with Crippen molar-refractivity contribution in [3.8, 4) is 0 Å². The lowest BCUT2D eigenvalue weighted by Crippen LogP contribution is -1.85. The Bertz CT molecular complexity index is 369. The average molecular weight is 166 g/mol. The number of aromatic nitrogens is 4. The van der Waals surface area contributed by atoms with Crippen LogP contribution in [-0.2, 0) is 6.42 Å². The molecule has 0 aliphatic rings. The van der Waals surface area contributed by atoms with E-state index in [4.69, 9.17) is 0 Å². The first-order valence-electron chi connectivity index (χ1n) is 3.33. The van der Waals surface area contributed by atoms with Gasteiger partial charge in [-0.2, -0.15) is 4.37 Å². The maximum atomic E-state index is 4.19. The van der Waals surface area contributed by atoms with Gasteiger partial charge in [0.05, 0.1) is 5.69 Å². The molecule has 0 radical (unpaired) electrons. The number of nitrogens with zero attached hydrogens (tertiary/aromatic N) is 4. The van der Waals surface area contributed by atoms with Crippen LogP contribution in [0.15, 0.2) is 6.33 Å². The molecule has 2 aromatic heterocycles. The Morgan fingerprint density at radius 2 is 2.45 bits per heavy atom. The second-order valence-corrected chi connectivity index (χ2v) is 2.85. The fraction of sp³-hybridized carbons (Fsp3) is 0.333. The summed E-state index contributed by atoms with van der Waals surface area (Å²) < 4.78 is 4.19. The van der Waals surface area contributed by atoms with Gasteiger partial charge in [0.25, 0.3) is 0 Å². The van der Waals surface area contributed by atoms with E-state index in [1.165, 1.54) is 17.9 Å². The van der Waals surface area contributed by atoms with E-state index in [2.05, 4.69) is 26.5 Å². The molecule has 0 atom stereocenters. The molecule has 0 N–H and O–H groups in total. The van der Waals surface area contributed by atoms with E-state index in [1.807, 2.05) is 0 Å². The van der Waals surface area contributed by atoms with Crippen LogP contribution in [0.2, 0.25) is 0 Å². The minimum Gasteiger partial charge on any atom is -0.230 e. The molecular weight excluding hydrogens is 160 g/mol. The van der Waals surface area contributed by atoms with Crippen LogP contribution >= 0.6 is 11.5 Å². The monoisotopic (exact) mass is 166 g/mol. The van der Waals surface area contributed by atoms with Gasteiger partial charge in [0.2, 0.25) is 0 Å². The maximum absolute atomic E-state index is 4.19. The van der Waals surface area contributed by atoms with Crippen LogP contribution in [0, 0.1) is 0 Å². The molecule has 0 amide bonds. The average Bonchev–Trinajstić information content (AvgIpc) is 2.47. The first-order valence-corrected chi connectivity index (χ1v) is 4.11. The van der Waals surface area contributed by atoms with E-state index in [0.29, 0.717) is 0 Å². The molecule has 2 heterocycles. The Morgan fingerprint density at radius 1 is 1.55 bits per heavy atom. The Morgan fingerprint density at radius 3 is 3.27 bits per heavy atom. The number of fused-ring (bicyclic) bond motifs is 1. The zero-order chi connectivity index (χ0) is 7.68. The van der Waals surface area contributed by atoms with Crippen LogP contribution < -0.4 is 0 Å². The van der Waals surface area contributed by atoms with Crippen molar-refractivity contribution < 1.29 is 0 Å². The van der Waals surface area contributed by atoms with Gasteiger partial charge in [0, 0.05) is 0 Å². The predicted molar refractivity (Wildman–Crippen MR) is 42.4 cm³/mol. The molecule has 2 aromatic rings. The first kappa shape index (κ1) is 6.60. The van der Waals surface area contributed by atoms with Gasteiger partial charge in [-0.25, -0.2) is 4.98 Å². The molecule has 11 heavy (non-hydrogen) atoms. The largest absolute Gasteiger partial charge is 0.230 e. The summed E-state index contributed by atoms with van der Waals surface area (Å²) in [6.07, 6.45) is 2.36. The lowest BCUT2D eigenvalue weighted by Gasteiger charge is -1.86. The molecular formula is C6H6N4S. The molecule has 0 spiro atoms. The number of aryl methyl sites for hydroxylation is 1. The standard InChI is InChI=1S/C6H6N4S/c1-2-4-5-6(11-10-4)9-8-3-7-5/h3H,2H2,1H3. The van der Waals surface area contributed by atoms with Gasteiger partial charge in [-0.05, 0) is 18.0 Å². The summed E-state index contributed by atoms with van der Waals surface area (Å²) in [5.74, 6) is 0. The van der Waals surface area contributed by atoms with Gasteiger partial charge in [-0.15, -0.1) is 10.2 Å². The summed E-state index contributed by atoms with van der Waals surface area (Å²) in [7, 11) is 0. The molecule has 0 saturated heterocycles. The van der Waals surface area contributed by atoms with E-state index in [9.17, 15) is 0 Å². The summed E-state index contributed by atoms with van der Waals surface area (Å²) in [4.78, 5) is 4.91. The predicted octanol–water partition coefficient (Wildman–Crippen LogP) is 1.04. The van der Waals surface area contributed by atoms with Gasteiger partial charge >= 0.3 is 0 Å². The van der Waals surface area contributed by atoms with Gasteiger partial charge in [-0.1, -0.05) is 6.92 Å². The minimum absolute atomic E-state index is 0.823. The van der Waals surface area contributed by atoms with Gasteiger partial charge < -0.3 is 0 Å². The Hall–Kier alpha value is -1.10. The smallest absolute Gasteiger partial charge is 0.184 e. The fourth-order valence-corrected chi connectivity index (χ4v) is 1.65. The fourth-order valence-electron chi connectivity index (χ4n) is 0.897. The van der Waals surface area contributed by atoms with Crippen molar-refractivity contribution in [3.05, 3.63) is 12.0 Å². The van der Waals surface area contributed by atoms with Crippen LogP contribution in [0.25, 0.3) is 10.3 Å². The molecule has 0 aromatic carbocycles. The lowest BCUT2D eigenvalue weighted by atomic mass is 10.3. The van der Waals surface area contributed by atoms with Crippen LogP contribution in [-0.4, -0.2) is 19.6 Å². The third kappa shape index (κ3) is 0.970. The van der Waals surface area contributed by atoms with Crippen LogP contribution in [0.4, 0.5) is 0 Å². The zero-order valence-electron chi connectivity index (χ0n) is 5.98. The maximum Gasteiger partial charge on any atom is 0.184 e. The molecule has 0 unspecified atom stereocenters. The number of rotatable bonds is 1. The second-order valence-electron chi connectivity index (χ2n) is 2.10. The molecule has 0 bridgehead atoms. The van der Waals surface area contributed by atoms with Crippen molar-refractivity contribution in [2.45, 2.75) is 13.3 Å². The van der Waals surface area contributed by atoms with Crippen molar-refractivity contribution in [1.82, 2.24) is 19.6 Å². The number of hydrogen-bond donors (Lipinski definition) is 0. The van der Waals surface area contributed by atoms with Gasteiger partial charge in [-0.3, -0.25) is 0 Å². The van der Waals surface area contributed by atoms with Crippen molar-refractivity contribution in [2.75, 3.05) is 0 Å². The van der Waals surface area contributed by atoms with Crippen molar-refractivity contribution in [1.29, 1.82) is 0 Å². The third-order valence-electron chi connectivity index (χ3n) is 1.44. The first-order chi connectivity index (χ1) is 5.42. The third-order valence-corrected chi connectivity index (χ3v) is 2.20. The summed E-state index contributed by atoms with van der Waals surface area (Å²) in [6.45, 7) is 2.05. The topological polar surface area (TPSA) is 51.6 Å². The van der Waals surface area contributed by atoms with Gasteiger partial charge in [0.15, 0.2) is 4.83 Å². The molecule has 0 fully saturated rings. The quantitative estimate of drug-likeness (QED) is 0.635. The summed E-state index contributed by atoms with van der Waals surface area (Å²) in [5.41, 5.74) is 1.91. The highest BCUT2D eigenvalue weighted by Crippen LogP contribution is 2.16. The molecule has 5 heteroatoms. The van der Waals surface area contributed by atoms with Crippen molar-refractivity contribution in [2.24, 2.45) is 0 Å². The highest BCUT2D eigenvalue weighted by molar-refractivity contribution is 7.12. The Labute approximate surface area is 67.5 Å². The molecule has 56 valence electrons.